The summed E-state index contributed by atoms with van der Waals surface area (Å²) < 4.78 is 10.3. The second kappa shape index (κ2) is 6.05. The molecule has 18 heavy (non-hydrogen) atoms. The van der Waals surface area contributed by atoms with Gasteiger partial charge in [-0.3, -0.25) is 0 Å². The summed E-state index contributed by atoms with van der Waals surface area (Å²) in [6.45, 7) is 2.98. The van der Waals surface area contributed by atoms with Crippen LogP contribution in [-0.4, -0.2) is 23.8 Å². The fourth-order valence-corrected chi connectivity index (χ4v) is 1.55. The van der Waals surface area contributed by atoms with Crippen molar-refractivity contribution >= 4 is 6.01 Å². The Morgan fingerprint density at radius 3 is 3.06 bits per heavy atom. The van der Waals surface area contributed by atoms with Crippen LogP contribution in [0.25, 0.3) is 11.4 Å². The summed E-state index contributed by atoms with van der Waals surface area (Å²) in [5, 5.41) is 7.03. The molecule has 0 unspecified atom stereocenters. The SMILES string of the molecule is CCCCNc1nc(-c2cccc(OC)c2)no1. The molecule has 0 amide bonds. The lowest BCUT2D eigenvalue weighted by Gasteiger charge is -2.00. The fraction of sp³-hybridized carbons (Fsp3) is 0.385. The van der Waals surface area contributed by atoms with Crippen molar-refractivity contribution in [2.45, 2.75) is 19.8 Å². The van der Waals surface area contributed by atoms with Crippen LogP contribution in [0.15, 0.2) is 28.8 Å². The molecule has 0 atom stereocenters. The van der Waals surface area contributed by atoms with Crippen molar-refractivity contribution in [1.82, 2.24) is 10.1 Å². The molecule has 96 valence electrons. The van der Waals surface area contributed by atoms with Gasteiger partial charge in [0.15, 0.2) is 0 Å². The fourth-order valence-electron chi connectivity index (χ4n) is 1.55. The first kappa shape index (κ1) is 12.4. The first-order chi connectivity index (χ1) is 8.83. The van der Waals surface area contributed by atoms with Gasteiger partial charge in [-0.15, -0.1) is 0 Å². The first-order valence-electron chi connectivity index (χ1n) is 6.05. The summed E-state index contributed by atoms with van der Waals surface area (Å²) >= 11 is 0. The Hall–Kier alpha value is -2.04. The highest BCUT2D eigenvalue weighted by Crippen LogP contribution is 2.22. The van der Waals surface area contributed by atoms with Crippen molar-refractivity contribution in [1.29, 1.82) is 0 Å². The maximum absolute atomic E-state index is 5.16. The Bertz CT molecular complexity index is 496. The van der Waals surface area contributed by atoms with Crippen molar-refractivity contribution in [2.24, 2.45) is 0 Å². The van der Waals surface area contributed by atoms with Gasteiger partial charge in [0.1, 0.15) is 5.75 Å². The van der Waals surface area contributed by atoms with Crippen molar-refractivity contribution in [3.05, 3.63) is 24.3 Å². The predicted molar refractivity (Wildman–Crippen MR) is 69.7 cm³/mol. The number of unbranched alkanes of at least 4 members (excludes halogenated alkanes) is 1. The summed E-state index contributed by atoms with van der Waals surface area (Å²) in [4.78, 5) is 4.28. The van der Waals surface area contributed by atoms with E-state index in [2.05, 4.69) is 22.4 Å². The molecule has 0 aliphatic rings. The second-order valence-electron chi connectivity index (χ2n) is 3.94. The zero-order chi connectivity index (χ0) is 12.8. The lowest BCUT2D eigenvalue weighted by Crippen LogP contribution is -2.00. The summed E-state index contributed by atoms with van der Waals surface area (Å²) in [7, 11) is 1.63. The third-order valence-electron chi connectivity index (χ3n) is 2.56. The standard InChI is InChI=1S/C13H17N3O2/c1-3-4-8-14-13-15-12(16-18-13)10-6-5-7-11(9-10)17-2/h5-7,9H,3-4,8H2,1-2H3,(H,14,15,16). The van der Waals surface area contributed by atoms with Gasteiger partial charge >= 0.3 is 6.01 Å². The molecule has 0 fully saturated rings. The van der Waals surface area contributed by atoms with Crippen molar-refractivity contribution in [2.75, 3.05) is 19.0 Å². The Kier molecular flexibility index (Phi) is 4.17. The maximum Gasteiger partial charge on any atom is 0.321 e. The molecular formula is C13H17N3O2. The minimum absolute atomic E-state index is 0.460. The molecular weight excluding hydrogens is 230 g/mol. The van der Waals surface area contributed by atoms with E-state index in [0.717, 1.165) is 30.7 Å². The van der Waals surface area contributed by atoms with Crippen LogP contribution in [0.4, 0.5) is 6.01 Å². The number of benzene rings is 1. The van der Waals surface area contributed by atoms with E-state index < -0.39 is 0 Å². The number of anilines is 1. The monoisotopic (exact) mass is 247 g/mol. The molecule has 5 heteroatoms. The largest absolute Gasteiger partial charge is 0.497 e. The molecule has 0 aliphatic carbocycles. The van der Waals surface area contributed by atoms with Crippen molar-refractivity contribution < 1.29 is 9.26 Å². The molecule has 0 radical (unpaired) electrons. The molecule has 1 aromatic heterocycles. The molecule has 1 N–H and O–H groups in total. The molecule has 2 aromatic rings. The highest BCUT2D eigenvalue weighted by Gasteiger charge is 2.08. The highest BCUT2D eigenvalue weighted by molar-refractivity contribution is 5.57. The van der Waals surface area contributed by atoms with E-state index in [1.165, 1.54) is 0 Å². The van der Waals surface area contributed by atoms with E-state index in [4.69, 9.17) is 9.26 Å². The van der Waals surface area contributed by atoms with Crippen LogP contribution in [0.5, 0.6) is 5.75 Å². The van der Waals surface area contributed by atoms with Gasteiger partial charge in [-0.25, -0.2) is 0 Å². The molecule has 0 saturated heterocycles. The lowest BCUT2D eigenvalue weighted by atomic mass is 10.2. The number of rotatable bonds is 6. The Balaban J connectivity index is 2.08. The van der Waals surface area contributed by atoms with Gasteiger partial charge in [0.05, 0.1) is 7.11 Å². The molecule has 1 aromatic carbocycles. The molecule has 5 nitrogen and oxygen atoms in total. The van der Waals surface area contributed by atoms with Crippen LogP contribution < -0.4 is 10.1 Å². The normalized spacial score (nSPS) is 10.3. The first-order valence-corrected chi connectivity index (χ1v) is 6.05. The van der Waals surface area contributed by atoms with Gasteiger partial charge in [-0.2, -0.15) is 4.98 Å². The van der Waals surface area contributed by atoms with Gasteiger partial charge < -0.3 is 14.6 Å². The molecule has 0 spiro atoms. The third-order valence-corrected chi connectivity index (χ3v) is 2.56. The Labute approximate surface area is 106 Å². The van der Waals surface area contributed by atoms with Crippen LogP contribution in [0, 0.1) is 0 Å². The average molecular weight is 247 g/mol. The summed E-state index contributed by atoms with van der Waals surface area (Å²) in [5.41, 5.74) is 0.877. The van der Waals surface area contributed by atoms with E-state index >= 15 is 0 Å². The number of hydrogen-bond donors (Lipinski definition) is 1. The third kappa shape index (κ3) is 3.00. The van der Waals surface area contributed by atoms with Gasteiger partial charge in [0.25, 0.3) is 0 Å². The predicted octanol–water partition coefficient (Wildman–Crippen LogP) is 2.96. The van der Waals surface area contributed by atoms with E-state index in [9.17, 15) is 0 Å². The second-order valence-corrected chi connectivity index (χ2v) is 3.94. The molecule has 1 heterocycles. The number of ether oxygens (including phenoxy) is 1. The van der Waals surface area contributed by atoms with E-state index in [-0.39, 0.29) is 0 Å². The van der Waals surface area contributed by atoms with E-state index in [0.29, 0.717) is 11.8 Å². The number of aromatic nitrogens is 2. The number of hydrogen-bond acceptors (Lipinski definition) is 5. The van der Waals surface area contributed by atoms with Crippen LogP contribution in [-0.2, 0) is 0 Å². The minimum Gasteiger partial charge on any atom is -0.497 e. The van der Waals surface area contributed by atoms with Gasteiger partial charge in [0, 0.05) is 12.1 Å². The summed E-state index contributed by atoms with van der Waals surface area (Å²) in [5.74, 6) is 1.34. The summed E-state index contributed by atoms with van der Waals surface area (Å²) in [6.07, 6.45) is 2.21. The maximum atomic E-state index is 5.16. The van der Waals surface area contributed by atoms with E-state index in [1.54, 1.807) is 7.11 Å². The lowest BCUT2D eigenvalue weighted by molar-refractivity contribution is 0.414. The van der Waals surface area contributed by atoms with Gasteiger partial charge in [-0.1, -0.05) is 30.6 Å². The quantitative estimate of drug-likeness (QED) is 0.795. The Morgan fingerprint density at radius 1 is 1.39 bits per heavy atom. The van der Waals surface area contributed by atoms with Gasteiger partial charge in [-0.05, 0) is 18.6 Å². The smallest absolute Gasteiger partial charge is 0.321 e. The van der Waals surface area contributed by atoms with E-state index in [1.807, 2.05) is 24.3 Å². The molecule has 0 bridgehead atoms. The Morgan fingerprint density at radius 2 is 2.28 bits per heavy atom. The topological polar surface area (TPSA) is 60.2 Å². The van der Waals surface area contributed by atoms with Crippen molar-refractivity contribution in [3.8, 4) is 17.1 Å². The average Bonchev–Trinajstić information content (AvgIpc) is 2.88. The molecule has 0 aliphatic heterocycles. The number of nitrogens with zero attached hydrogens (tertiary/aromatic N) is 2. The highest BCUT2D eigenvalue weighted by atomic mass is 16.5. The minimum atomic E-state index is 0.460. The number of methoxy groups -OCH3 is 1. The van der Waals surface area contributed by atoms with Crippen LogP contribution in [0.2, 0.25) is 0 Å². The van der Waals surface area contributed by atoms with Crippen LogP contribution in [0.3, 0.4) is 0 Å². The van der Waals surface area contributed by atoms with Gasteiger partial charge in [0.2, 0.25) is 5.82 Å². The molecule has 2 rings (SSSR count). The number of nitrogens with one attached hydrogen (secondary N) is 1. The van der Waals surface area contributed by atoms with Crippen LogP contribution >= 0.6 is 0 Å². The van der Waals surface area contributed by atoms with Crippen LogP contribution in [0.1, 0.15) is 19.8 Å². The summed E-state index contributed by atoms with van der Waals surface area (Å²) in [6, 6.07) is 8.03. The van der Waals surface area contributed by atoms with Crippen molar-refractivity contribution in [3.63, 3.8) is 0 Å². The zero-order valence-corrected chi connectivity index (χ0v) is 10.6. The molecule has 0 saturated carbocycles. The zero-order valence-electron chi connectivity index (χ0n) is 10.6.